The molecule has 1 aromatic rings. The minimum absolute atomic E-state index is 0.175. The van der Waals surface area contributed by atoms with Gasteiger partial charge in [-0.3, -0.25) is 10.1 Å². The van der Waals surface area contributed by atoms with E-state index >= 15 is 0 Å². The molecule has 104 valence electrons. The zero-order valence-electron chi connectivity index (χ0n) is 11.3. The van der Waals surface area contributed by atoms with Gasteiger partial charge >= 0.3 is 6.03 Å². The van der Waals surface area contributed by atoms with Crippen molar-refractivity contribution in [2.24, 2.45) is 5.73 Å². The molecule has 0 aliphatic rings. The second kappa shape index (κ2) is 7.53. The van der Waals surface area contributed by atoms with Gasteiger partial charge in [-0.05, 0) is 32.3 Å². The molecule has 0 spiro atoms. The van der Waals surface area contributed by atoms with Crippen LogP contribution in [-0.4, -0.2) is 24.0 Å². The van der Waals surface area contributed by atoms with Crippen molar-refractivity contribution < 1.29 is 9.59 Å². The van der Waals surface area contributed by atoms with Crippen LogP contribution in [0.3, 0.4) is 0 Å². The number of primary amides is 1. The lowest BCUT2D eigenvalue weighted by atomic mass is 10.1. The van der Waals surface area contributed by atoms with Crippen molar-refractivity contribution in [2.75, 3.05) is 0 Å². The second-order valence-electron chi connectivity index (χ2n) is 4.67. The molecule has 0 saturated carbocycles. The number of imide groups is 1. The fourth-order valence-corrected chi connectivity index (χ4v) is 1.84. The number of carbonyl (C=O) groups is 2. The number of aryl methyl sites for hydroxylation is 1. The molecule has 0 radical (unpaired) electrons. The van der Waals surface area contributed by atoms with Crippen molar-refractivity contribution in [3.05, 3.63) is 35.9 Å². The molecule has 0 saturated heterocycles. The van der Waals surface area contributed by atoms with Crippen molar-refractivity contribution in [3.63, 3.8) is 0 Å². The first-order valence-electron chi connectivity index (χ1n) is 6.39. The van der Waals surface area contributed by atoms with E-state index < -0.39 is 18.0 Å². The fourth-order valence-electron chi connectivity index (χ4n) is 1.84. The minimum Gasteiger partial charge on any atom is -0.351 e. The SMILES string of the molecule is CC(CCc1ccccc1)NC(C)C(=O)NC(N)=O. The zero-order chi connectivity index (χ0) is 14.3. The van der Waals surface area contributed by atoms with Crippen LogP contribution in [0, 0.1) is 0 Å². The van der Waals surface area contributed by atoms with Gasteiger partial charge in [0.15, 0.2) is 0 Å². The highest BCUT2D eigenvalue weighted by molar-refractivity contribution is 5.96. The van der Waals surface area contributed by atoms with Crippen LogP contribution >= 0.6 is 0 Å². The lowest BCUT2D eigenvalue weighted by Crippen LogP contribution is -2.48. The third kappa shape index (κ3) is 6.01. The summed E-state index contributed by atoms with van der Waals surface area (Å²) in [5.41, 5.74) is 6.17. The summed E-state index contributed by atoms with van der Waals surface area (Å²) in [6, 6.07) is 9.07. The van der Waals surface area contributed by atoms with Crippen LogP contribution < -0.4 is 16.4 Å². The molecule has 2 atom stereocenters. The maximum absolute atomic E-state index is 11.5. The maximum Gasteiger partial charge on any atom is 0.318 e. The first kappa shape index (κ1) is 15.2. The predicted molar refractivity (Wildman–Crippen MR) is 74.5 cm³/mol. The van der Waals surface area contributed by atoms with Crippen molar-refractivity contribution >= 4 is 11.9 Å². The molecule has 0 bridgehead atoms. The van der Waals surface area contributed by atoms with Crippen LogP contribution in [0.25, 0.3) is 0 Å². The van der Waals surface area contributed by atoms with Gasteiger partial charge in [0.05, 0.1) is 6.04 Å². The van der Waals surface area contributed by atoms with Crippen LogP contribution in [-0.2, 0) is 11.2 Å². The van der Waals surface area contributed by atoms with E-state index in [-0.39, 0.29) is 6.04 Å². The highest BCUT2D eigenvalue weighted by Crippen LogP contribution is 2.05. The molecular formula is C14H21N3O2. The maximum atomic E-state index is 11.5. The molecule has 1 rings (SSSR count). The summed E-state index contributed by atoms with van der Waals surface area (Å²) < 4.78 is 0. The third-order valence-corrected chi connectivity index (χ3v) is 2.88. The standard InChI is InChI=1S/C14H21N3O2/c1-10(8-9-12-6-4-3-5-7-12)16-11(2)13(18)17-14(15)19/h3-7,10-11,16H,8-9H2,1-2H3,(H3,15,17,18,19). The van der Waals surface area contributed by atoms with Crippen LogP contribution in [0.4, 0.5) is 4.79 Å². The summed E-state index contributed by atoms with van der Waals surface area (Å²) in [4.78, 5) is 22.1. The summed E-state index contributed by atoms with van der Waals surface area (Å²) in [6.45, 7) is 3.72. The van der Waals surface area contributed by atoms with E-state index in [2.05, 4.69) is 22.8 Å². The molecule has 1 aromatic carbocycles. The van der Waals surface area contributed by atoms with E-state index in [1.165, 1.54) is 5.56 Å². The number of amides is 3. The Morgan fingerprint density at radius 3 is 2.42 bits per heavy atom. The first-order valence-corrected chi connectivity index (χ1v) is 6.39. The smallest absolute Gasteiger partial charge is 0.318 e. The van der Waals surface area contributed by atoms with E-state index in [0.29, 0.717) is 0 Å². The van der Waals surface area contributed by atoms with Crippen LogP contribution in [0.5, 0.6) is 0 Å². The third-order valence-electron chi connectivity index (χ3n) is 2.88. The van der Waals surface area contributed by atoms with Crippen molar-refractivity contribution in [1.82, 2.24) is 10.6 Å². The van der Waals surface area contributed by atoms with Crippen molar-refractivity contribution in [1.29, 1.82) is 0 Å². The number of rotatable bonds is 6. The first-order chi connectivity index (χ1) is 8.99. The van der Waals surface area contributed by atoms with Crippen molar-refractivity contribution in [2.45, 2.75) is 38.8 Å². The van der Waals surface area contributed by atoms with E-state index in [4.69, 9.17) is 5.73 Å². The Morgan fingerprint density at radius 1 is 1.21 bits per heavy atom. The molecule has 19 heavy (non-hydrogen) atoms. The Balaban J connectivity index is 2.32. The van der Waals surface area contributed by atoms with Gasteiger partial charge < -0.3 is 11.1 Å². The molecule has 3 amide bonds. The topological polar surface area (TPSA) is 84.2 Å². The number of carbonyl (C=O) groups excluding carboxylic acids is 2. The molecule has 0 fully saturated rings. The molecule has 4 N–H and O–H groups in total. The van der Waals surface area contributed by atoms with Gasteiger partial charge in [0.25, 0.3) is 0 Å². The fraction of sp³-hybridized carbons (Fsp3) is 0.429. The Kier molecular flexibility index (Phi) is 6.02. The largest absolute Gasteiger partial charge is 0.351 e. The van der Waals surface area contributed by atoms with E-state index in [1.807, 2.05) is 25.1 Å². The number of nitrogens with one attached hydrogen (secondary N) is 2. The van der Waals surface area contributed by atoms with E-state index in [9.17, 15) is 9.59 Å². The molecule has 5 heteroatoms. The van der Waals surface area contributed by atoms with Gasteiger partial charge in [0.1, 0.15) is 0 Å². The summed E-state index contributed by atoms with van der Waals surface area (Å²) in [5, 5.41) is 5.19. The minimum atomic E-state index is -0.824. The number of hydrogen-bond donors (Lipinski definition) is 3. The number of nitrogens with two attached hydrogens (primary N) is 1. The van der Waals surface area contributed by atoms with Gasteiger partial charge in [0.2, 0.25) is 5.91 Å². The highest BCUT2D eigenvalue weighted by atomic mass is 16.2. The number of benzene rings is 1. The second-order valence-corrected chi connectivity index (χ2v) is 4.67. The lowest BCUT2D eigenvalue weighted by molar-refractivity contribution is -0.121. The quantitative estimate of drug-likeness (QED) is 0.720. The Hall–Kier alpha value is -1.88. The van der Waals surface area contributed by atoms with Crippen LogP contribution in [0.15, 0.2) is 30.3 Å². The van der Waals surface area contributed by atoms with E-state index in [1.54, 1.807) is 6.92 Å². The molecular weight excluding hydrogens is 242 g/mol. The summed E-state index contributed by atoms with van der Waals surface area (Å²) >= 11 is 0. The van der Waals surface area contributed by atoms with E-state index in [0.717, 1.165) is 12.8 Å². The summed E-state index contributed by atoms with van der Waals surface area (Å²) in [6.07, 6.45) is 1.86. The monoisotopic (exact) mass is 263 g/mol. The normalized spacial score (nSPS) is 13.6. The van der Waals surface area contributed by atoms with Crippen LogP contribution in [0.1, 0.15) is 25.8 Å². The molecule has 2 unspecified atom stereocenters. The van der Waals surface area contributed by atoms with Crippen molar-refractivity contribution in [3.8, 4) is 0 Å². The molecule has 0 heterocycles. The summed E-state index contributed by atoms with van der Waals surface area (Å²) in [5.74, 6) is -0.404. The van der Waals surface area contributed by atoms with Gasteiger partial charge in [-0.25, -0.2) is 4.79 Å². The predicted octanol–water partition coefficient (Wildman–Crippen LogP) is 1.18. The van der Waals surface area contributed by atoms with Gasteiger partial charge in [-0.1, -0.05) is 30.3 Å². The average Bonchev–Trinajstić information content (AvgIpc) is 2.36. The molecule has 5 nitrogen and oxygen atoms in total. The Bertz CT molecular complexity index is 420. The Labute approximate surface area is 113 Å². The Morgan fingerprint density at radius 2 is 1.84 bits per heavy atom. The molecule has 0 aliphatic carbocycles. The average molecular weight is 263 g/mol. The van der Waals surface area contributed by atoms with Gasteiger partial charge in [-0.15, -0.1) is 0 Å². The zero-order valence-corrected chi connectivity index (χ0v) is 11.3. The molecule has 0 aliphatic heterocycles. The van der Waals surface area contributed by atoms with Gasteiger partial charge in [0, 0.05) is 6.04 Å². The lowest BCUT2D eigenvalue weighted by Gasteiger charge is -2.18. The number of urea groups is 1. The molecule has 0 aromatic heterocycles. The number of hydrogen-bond acceptors (Lipinski definition) is 3. The highest BCUT2D eigenvalue weighted by Gasteiger charge is 2.16. The summed E-state index contributed by atoms with van der Waals surface area (Å²) in [7, 11) is 0. The van der Waals surface area contributed by atoms with Crippen LogP contribution in [0.2, 0.25) is 0 Å². The van der Waals surface area contributed by atoms with Gasteiger partial charge in [-0.2, -0.15) is 0 Å².